The van der Waals surface area contributed by atoms with Gasteiger partial charge in [0.05, 0.1) is 5.92 Å². The lowest BCUT2D eigenvalue weighted by atomic mass is 9.98. The standard InChI is InChI=1S/C15H25N3O2/c1-2-10-20-11-6-9-17-12-14(15(16)18-19)13-7-4-3-5-8-13/h3-5,7-8,14,17,19H,2,6,9-12H2,1H3,(H2,16,18). The average Bonchev–Trinajstić information content (AvgIpc) is 2.50. The van der Waals surface area contributed by atoms with Crippen molar-refractivity contribution in [2.45, 2.75) is 25.7 Å². The lowest BCUT2D eigenvalue weighted by Gasteiger charge is -2.16. The van der Waals surface area contributed by atoms with Crippen LogP contribution in [0, 0.1) is 0 Å². The molecule has 1 aromatic rings. The Morgan fingerprint density at radius 2 is 2.10 bits per heavy atom. The van der Waals surface area contributed by atoms with Gasteiger partial charge in [-0.05, 0) is 24.9 Å². The summed E-state index contributed by atoms with van der Waals surface area (Å²) in [5.74, 6) is 0.115. The first-order valence-corrected chi connectivity index (χ1v) is 7.10. The maximum absolute atomic E-state index is 8.88. The van der Waals surface area contributed by atoms with Gasteiger partial charge < -0.3 is 21.0 Å². The Bertz CT molecular complexity index is 382. The van der Waals surface area contributed by atoms with Crippen molar-refractivity contribution in [1.29, 1.82) is 0 Å². The number of hydrogen-bond donors (Lipinski definition) is 3. The Morgan fingerprint density at radius 3 is 2.75 bits per heavy atom. The van der Waals surface area contributed by atoms with Gasteiger partial charge in [0, 0.05) is 19.8 Å². The van der Waals surface area contributed by atoms with E-state index in [9.17, 15) is 0 Å². The van der Waals surface area contributed by atoms with E-state index < -0.39 is 0 Å². The lowest BCUT2D eigenvalue weighted by Crippen LogP contribution is -2.32. The fourth-order valence-electron chi connectivity index (χ4n) is 1.94. The second-order valence-electron chi connectivity index (χ2n) is 4.66. The minimum atomic E-state index is -0.113. The molecular formula is C15H25N3O2. The van der Waals surface area contributed by atoms with Gasteiger partial charge in [0.1, 0.15) is 5.84 Å². The van der Waals surface area contributed by atoms with Crippen molar-refractivity contribution >= 4 is 5.84 Å². The number of hydrogen-bond acceptors (Lipinski definition) is 4. The van der Waals surface area contributed by atoms with Gasteiger partial charge in [0.2, 0.25) is 0 Å². The first-order chi connectivity index (χ1) is 9.79. The molecule has 0 aliphatic rings. The number of rotatable bonds is 10. The maximum Gasteiger partial charge on any atom is 0.147 e. The van der Waals surface area contributed by atoms with Crippen LogP contribution in [0.2, 0.25) is 0 Å². The van der Waals surface area contributed by atoms with E-state index in [-0.39, 0.29) is 11.8 Å². The third-order valence-corrected chi connectivity index (χ3v) is 3.01. The summed E-state index contributed by atoms with van der Waals surface area (Å²) >= 11 is 0. The Morgan fingerprint density at radius 1 is 1.35 bits per heavy atom. The first kappa shape index (κ1) is 16.5. The SMILES string of the molecule is CCCOCCCNCC(/C(N)=N/O)c1ccccc1. The largest absolute Gasteiger partial charge is 0.409 e. The molecular weight excluding hydrogens is 254 g/mol. The van der Waals surface area contributed by atoms with Crippen LogP contribution in [0.3, 0.4) is 0 Å². The Labute approximate surface area is 120 Å². The molecule has 20 heavy (non-hydrogen) atoms. The number of nitrogens with one attached hydrogen (secondary N) is 1. The van der Waals surface area contributed by atoms with Crippen LogP contribution in [-0.4, -0.2) is 37.3 Å². The highest BCUT2D eigenvalue weighted by molar-refractivity contribution is 5.87. The summed E-state index contributed by atoms with van der Waals surface area (Å²) in [7, 11) is 0. The molecule has 4 N–H and O–H groups in total. The topological polar surface area (TPSA) is 79.9 Å². The van der Waals surface area contributed by atoms with Crippen LogP contribution in [-0.2, 0) is 4.74 Å². The van der Waals surface area contributed by atoms with Gasteiger partial charge in [-0.15, -0.1) is 0 Å². The molecule has 0 bridgehead atoms. The molecule has 0 radical (unpaired) electrons. The molecule has 1 atom stereocenters. The highest BCUT2D eigenvalue weighted by Gasteiger charge is 2.15. The monoisotopic (exact) mass is 279 g/mol. The van der Waals surface area contributed by atoms with Gasteiger partial charge in [0.15, 0.2) is 0 Å². The third-order valence-electron chi connectivity index (χ3n) is 3.01. The lowest BCUT2D eigenvalue weighted by molar-refractivity contribution is 0.132. The zero-order chi connectivity index (χ0) is 14.6. The smallest absolute Gasteiger partial charge is 0.147 e. The third kappa shape index (κ3) is 6.04. The molecule has 112 valence electrons. The molecule has 0 fully saturated rings. The number of oxime groups is 1. The number of nitrogens with zero attached hydrogens (tertiary/aromatic N) is 1. The van der Waals surface area contributed by atoms with Crippen molar-refractivity contribution in [2.24, 2.45) is 10.9 Å². The average molecular weight is 279 g/mol. The van der Waals surface area contributed by atoms with Crippen molar-refractivity contribution < 1.29 is 9.94 Å². The van der Waals surface area contributed by atoms with Gasteiger partial charge >= 0.3 is 0 Å². The van der Waals surface area contributed by atoms with Crippen LogP contribution in [0.15, 0.2) is 35.5 Å². The van der Waals surface area contributed by atoms with Crippen LogP contribution in [0.1, 0.15) is 31.2 Å². The molecule has 0 aliphatic carbocycles. The zero-order valence-corrected chi connectivity index (χ0v) is 12.1. The van der Waals surface area contributed by atoms with E-state index in [4.69, 9.17) is 15.7 Å². The van der Waals surface area contributed by atoms with Crippen LogP contribution < -0.4 is 11.1 Å². The number of ether oxygens (including phenoxy) is 1. The van der Waals surface area contributed by atoms with Crippen LogP contribution in [0.5, 0.6) is 0 Å². The van der Waals surface area contributed by atoms with E-state index in [0.29, 0.717) is 6.54 Å². The van der Waals surface area contributed by atoms with Crippen molar-refractivity contribution in [3.05, 3.63) is 35.9 Å². The molecule has 5 nitrogen and oxygen atoms in total. The van der Waals surface area contributed by atoms with Crippen LogP contribution >= 0.6 is 0 Å². The highest BCUT2D eigenvalue weighted by atomic mass is 16.5. The minimum absolute atomic E-state index is 0.113. The quantitative estimate of drug-likeness (QED) is 0.201. The molecule has 5 heteroatoms. The summed E-state index contributed by atoms with van der Waals surface area (Å²) in [4.78, 5) is 0. The molecule has 0 amide bonds. The van der Waals surface area contributed by atoms with Crippen LogP contribution in [0.4, 0.5) is 0 Å². The van der Waals surface area contributed by atoms with Gasteiger partial charge in [-0.2, -0.15) is 0 Å². The molecule has 1 aromatic carbocycles. The molecule has 0 aliphatic heterocycles. The number of nitrogens with two attached hydrogens (primary N) is 1. The number of benzene rings is 1. The maximum atomic E-state index is 8.88. The molecule has 0 saturated heterocycles. The molecule has 0 heterocycles. The van der Waals surface area contributed by atoms with Gasteiger partial charge in [0.25, 0.3) is 0 Å². The Kier molecular flexibility index (Phi) is 8.42. The second kappa shape index (κ2) is 10.2. The van der Waals surface area contributed by atoms with Crippen molar-refractivity contribution in [3.8, 4) is 0 Å². The summed E-state index contributed by atoms with van der Waals surface area (Å²) in [6.45, 7) is 5.18. The summed E-state index contributed by atoms with van der Waals surface area (Å²) in [6.07, 6.45) is 2.00. The van der Waals surface area contributed by atoms with Crippen molar-refractivity contribution in [3.63, 3.8) is 0 Å². The zero-order valence-electron chi connectivity index (χ0n) is 12.1. The fourth-order valence-corrected chi connectivity index (χ4v) is 1.94. The first-order valence-electron chi connectivity index (χ1n) is 7.10. The van der Waals surface area contributed by atoms with Gasteiger partial charge in [-0.3, -0.25) is 0 Å². The predicted molar refractivity (Wildman–Crippen MR) is 81.2 cm³/mol. The summed E-state index contributed by atoms with van der Waals surface area (Å²) in [6, 6.07) is 9.81. The molecule has 0 saturated carbocycles. The van der Waals surface area contributed by atoms with Crippen molar-refractivity contribution in [1.82, 2.24) is 5.32 Å². The second-order valence-corrected chi connectivity index (χ2v) is 4.66. The van der Waals surface area contributed by atoms with E-state index >= 15 is 0 Å². The van der Waals surface area contributed by atoms with Gasteiger partial charge in [-0.25, -0.2) is 0 Å². The summed E-state index contributed by atoms with van der Waals surface area (Å²) in [5.41, 5.74) is 6.80. The number of amidine groups is 1. The van der Waals surface area contributed by atoms with Crippen LogP contribution in [0.25, 0.3) is 0 Å². The van der Waals surface area contributed by atoms with E-state index in [0.717, 1.165) is 38.2 Å². The van der Waals surface area contributed by atoms with E-state index in [1.54, 1.807) is 0 Å². The van der Waals surface area contributed by atoms with Crippen molar-refractivity contribution in [2.75, 3.05) is 26.3 Å². The summed E-state index contributed by atoms with van der Waals surface area (Å²) in [5, 5.41) is 15.3. The van der Waals surface area contributed by atoms with E-state index in [2.05, 4.69) is 17.4 Å². The van der Waals surface area contributed by atoms with E-state index in [1.165, 1.54) is 0 Å². The Balaban J connectivity index is 2.36. The Hall–Kier alpha value is -1.59. The van der Waals surface area contributed by atoms with E-state index in [1.807, 2.05) is 30.3 Å². The highest BCUT2D eigenvalue weighted by Crippen LogP contribution is 2.14. The molecule has 0 spiro atoms. The molecule has 0 aromatic heterocycles. The normalized spacial score (nSPS) is 13.3. The molecule has 1 rings (SSSR count). The predicted octanol–water partition coefficient (Wildman–Crippen LogP) is 1.92. The van der Waals surface area contributed by atoms with Gasteiger partial charge in [-0.1, -0.05) is 42.4 Å². The summed E-state index contributed by atoms with van der Waals surface area (Å²) < 4.78 is 5.41. The molecule has 1 unspecified atom stereocenters. The fraction of sp³-hybridized carbons (Fsp3) is 0.533. The minimum Gasteiger partial charge on any atom is -0.409 e.